The molecule has 1 fully saturated rings. The molecule has 0 bridgehead atoms. The van der Waals surface area contributed by atoms with Gasteiger partial charge in [0.1, 0.15) is 0 Å². The van der Waals surface area contributed by atoms with Gasteiger partial charge in [-0.25, -0.2) is 0 Å². The van der Waals surface area contributed by atoms with E-state index in [1.165, 1.54) is 0 Å². The molecular formula is C12H22O2. The first-order valence-corrected chi connectivity index (χ1v) is 4.87. The molecule has 0 aromatic heterocycles. The number of hydrogen-bond donors (Lipinski definition) is 0. The highest BCUT2D eigenvalue weighted by Gasteiger charge is 2.24. The molecular weight excluding hydrogens is 176 g/mol. The number of allylic oxidation sites excluding steroid dienone is 2. The van der Waals surface area contributed by atoms with Crippen molar-refractivity contribution in [1.29, 1.82) is 0 Å². The van der Waals surface area contributed by atoms with Crippen LogP contribution in [0.1, 0.15) is 34.6 Å². The maximum absolute atomic E-state index is 5.59. The van der Waals surface area contributed by atoms with Gasteiger partial charge < -0.3 is 9.47 Å². The molecule has 0 aliphatic carbocycles. The molecule has 1 aliphatic rings. The molecule has 2 nitrogen and oxygen atoms in total. The van der Waals surface area contributed by atoms with Gasteiger partial charge >= 0.3 is 0 Å². The molecule has 1 aliphatic heterocycles. The third-order valence-electron chi connectivity index (χ3n) is 1.91. The van der Waals surface area contributed by atoms with Crippen LogP contribution in [0.15, 0.2) is 23.8 Å². The van der Waals surface area contributed by atoms with Crippen LogP contribution in [-0.2, 0) is 9.47 Å². The second-order valence-corrected chi connectivity index (χ2v) is 3.22. The first kappa shape index (κ1) is 13.4. The Morgan fingerprint density at radius 1 is 1.50 bits per heavy atom. The highest BCUT2D eigenvalue weighted by molar-refractivity contribution is 5.21. The Morgan fingerprint density at radius 3 is 2.64 bits per heavy atom. The van der Waals surface area contributed by atoms with Crippen molar-refractivity contribution in [1.82, 2.24) is 0 Å². The summed E-state index contributed by atoms with van der Waals surface area (Å²) >= 11 is 0. The van der Waals surface area contributed by atoms with Gasteiger partial charge in [-0.15, -0.1) is 0 Å². The van der Waals surface area contributed by atoms with Crippen molar-refractivity contribution >= 4 is 0 Å². The molecule has 2 heteroatoms. The quantitative estimate of drug-likeness (QED) is 0.648. The Bertz CT molecular complexity index is 206. The van der Waals surface area contributed by atoms with Gasteiger partial charge in [0.2, 0.25) is 0 Å². The number of rotatable bonds is 3. The minimum absolute atomic E-state index is 0. The van der Waals surface area contributed by atoms with Gasteiger partial charge in [0.05, 0.1) is 12.7 Å². The molecule has 0 N–H and O–H groups in total. The molecule has 0 spiro atoms. The average Bonchev–Trinajstić information content (AvgIpc) is 2.51. The fourth-order valence-electron chi connectivity index (χ4n) is 1.36. The number of ether oxygens (including phenoxy) is 2. The van der Waals surface area contributed by atoms with Crippen molar-refractivity contribution in [2.75, 3.05) is 6.61 Å². The van der Waals surface area contributed by atoms with Crippen molar-refractivity contribution in [2.45, 2.75) is 47.0 Å². The van der Waals surface area contributed by atoms with Crippen LogP contribution < -0.4 is 0 Å². The van der Waals surface area contributed by atoms with Crippen LogP contribution in [0.25, 0.3) is 0 Å². The van der Waals surface area contributed by atoms with Crippen molar-refractivity contribution in [2.24, 2.45) is 0 Å². The van der Waals surface area contributed by atoms with Crippen LogP contribution in [0.3, 0.4) is 0 Å². The van der Waals surface area contributed by atoms with Gasteiger partial charge in [0.15, 0.2) is 6.29 Å². The Morgan fingerprint density at radius 2 is 2.21 bits per heavy atom. The minimum atomic E-state index is -0.147. The van der Waals surface area contributed by atoms with Gasteiger partial charge in [0.25, 0.3) is 0 Å². The van der Waals surface area contributed by atoms with Gasteiger partial charge in [0, 0.05) is 5.57 Å². The van der Waals surface area contributed by atoms with E-state index in [-0.39, 0.29) is 19.8 Å². The highest BCUT2D eigenvalue weighted by Crippen LogP contribution is 2.19. The highest BCUT2D eigenvalue weighted by atomic mass is 16.7. The third-order valence-corrected chi connectivity index (χ3v) is 1.91. The molecule has 2 unspecified atom stereocenters. The summed E-state index contributed by atoms with van der Waals surface area (Å²) < 4.78 is 11.1. The summed E-state index contributed by atoms with van der Waals surface area (Å²) in [4.78, 5) is 0. The zero-order valence-corrected chi connectivity index (χ0v) is 8.62. The van der Waals surface area contributed by atoms with Crippen molar-refractivity contribution in [3.63, 3.8) is 0 Å². The predicted molar refractivity (Wildman–Crippen MR) is 60.2 cm³/mol. The summed E-state index contributed by atoms with van der Waals surface area (Å²) in [5.74, 6) is 0. The molecule has 1 saturated heterocycles. The van der Waals surface area contributed by atoms with Crippen molar-refractivity contribution in [3.8, 4) is 0 Å². The van der Waals surface area contributed by atoms with E-state index in [4.69, 9.17) is 9.47 Å². The lowest BCUT2D eigenvalue weighted by atomic mass is 10.2. The van der Waals surface area contributed by atoms with Crippen molar-refractivity contribution < 1.29 is 9.47 Å². The van der Waals surface area contributed by atoms with Gasteiger partial charge in [-0.05, 0) is 20.3 Å². The maximum atomic E-state index is 5.59. The smallest absolute Gasteiger partial charge is 0.184 e. The Labute approximate surface area is 87.6 Å². The lowest BCUT2D eigenvalue weighted by Gasteiger charge is -2.10. The fourth-order valence-corrected chi connectivity index (χ4v) is 1.36. The Balaban J connectivity index is 0.00000169. The Kier molecular flexibility index (Phi) is 6.50. The standard InChI is InChI=1S/C11H18O2.CH4/c1-4-6-10(7-5-2)11-12-8-9(3)13-11;/h4,6-7,9,11H,5,8H2,1-3H3;1H4/b6-4-,10-7+;. The van der Waals surface area contributed by atoms with E-state index < -0.39 is 0 Å². The lowest BCUT2D eigenvalue weighted by molar-refractivity contribution is -0.0227. The maximum Gasteiger partial charge on any atom is 0.184 e. The monoisotopic (exact) mass is 198 g/mol. The molecule has 0 aromatic carbocycles. The van der Waals surface area contributed by atoms with Crippen LogP contribution in [0.5, 0.6) is 0 Å². The SMILES string of the molecule is C.C/C=C\C(=C/CC)C1OCC(C)O1. The fraction of sp³-hybridized carbons (Fsp3) is 0.667. The summed E-state index contributed by atoms with van der Waals surface area (Å²) in [7, 11) is 0. The van der Waals surface area contributed by atoms with Gasteiger partial charge in [-0.3, -0.25) is 0 Å². The van der Waals surface area contributed by atoms with E-state index >= 15 is 0 Å². The van der Waals surface area contributed by atoms with Crippen LogP contribution in [0.2, 0.25) is 0 Å². The van der Waals surface area contributed by atoms with Crippen LogP contribution in [-0.4, -0.2) is 19.0 Å². The lowest BCUT2D eigenvalue weighted by Crippen LogP contribution is -2.11. The molecule has 0 saturated carbocycles. The van der Waals surface area contributed by atoms with E-state index in [0.29, 0.717) is 6.61 Å². The number of hydrogen-bond acceptors (Lipinski definition) is 2. The molecule has 0 aromatic rings. The zero-order chi connectivity index (χ0) is 9.68. The van der Waals surface area contributed by atoms with Crippen LogP contribution >= 0.6 is 0 Å². The average molecular weight is 198 g/mol. The Hall–Kier alpha value is -0.600. The van der Waals surface area contributed by atoms with Crippen molar-refractivity contribution in [3.05, 3.63) is 23.8 Å². The molecule has 1 heterocycles. The minimum Gasteiger partial charge on any atom is -0.346 e. The topological polar surface area (TPSA) is 18.5 Å². The first-order chi connectivity index (χ1) is 6.27. The third kappa shape index (κ3) is 3.64. The summed E-state index contributed by atoms with van der Waals surface area (Å²) in [6.07, 6.45) is 7.28. The molecule has 14 heavy (non-hydrogen) atoms. The van der Waals surface area contributed by atoms with E-state index in [1.54, 1.807) is 0 Å². The summed E-state index contributed by atoms with van der Waals surface area (Å²) in [5.41, 5.74) is 1.13. The summed E-state index contributed by atoms with van der Waals surface area (Å²) in [5, 5.41) is 0. The second-order valence-electron chi connectivity index (χ2n) is 3.22. The van der Waals surface area contributed by atoms with Crippen LogP contribution in [0, 0.1) is 0 Å². The molecule has 2 atom stereocenters. The molecule has 0 amide bonds. The van der Waals surface area contributed by atoms with Gasteiger partial charge in [-0.1, -0.05) is 32.6 Å². The summed E-state index contributed by atoms with van der Waals surface area (Å²) in [6.45, 7) is 6.84. The van der Waals surface area contributed by atoms with Crippen LogP contribution in [0.4, 0.5) is 0 Å². The van der Waals surface area contributed by atoms with E-state index in [9.17, 15) is 0 Å². The van der Waals surface area contributed by atoms with E-state index in [0.717, 1.165) is 12.0 Å². The molecule has 82 valence electrons. The predicted octanol–water partition coefficient (Wildman–Crippen LogP) is 3.30. The second kappa shape index (κ2) is 6.80. The van der Waals surface area contributed by atoms with E-state index in [2.05, 4.69) is 13.0 Å². The largest absolute Gasteiger partial charge is 0.346 e. The first-order valence-electron chi connectivity index (χ1n) is 4.87. The molecule has 1 rings (SSSR count). The van der Waals surface area contributed by atoms with E-state index in [1.807, 2.05) is 26.0 Å². The summed E-state index contributed by atoms with van der Waals surface area (Å²) in [6, 6.07) is 0. The normalized spacial score (nSPS) is 28.1. The van der Waals surface area contributed by atoms with Gasteiger partial charge in [-0.2, -0.15) is 0 Å². The molecule has 0 radical (unpaired) electrons. The zero-order valence-electron chi connectivity index (χ0n) is 8.62.